The molecule has 5 heteroatoms. The molecule has 0 aliphatic rings. The Hall–Kier alpha value is -2.43. The molecule has 0 unspecified atom stereocenters. The lowest BCUT2D eigenvalue weighted by Gasteiger charge is -2.10. The van der Waals surface area contributed by atoms with E-state index in [1.807, 2.05) is 43.7 Å². The number of H-pyrrole nitrogens is 1. The van der Waals surface area contributed by atoms with Crippen LogP contribution in [0.25, 0.3) is 0 Å². The van der Waals surface area contributed by atoms with Gasteiger partial charge in [-0.05, 0) is 32.4 Å². The van der Waals surface area contributed by atoms with Gasteiger partial charge in [0, 0.05) is 31.2 Å². The van der Waals surface area contributed by atoms with E-state index in [1.54, 1.807) is 13.8 Å². The average Bonchev–Trinajstić information content (AvgIpc) is 2.82. The molecule has 122 valence electrons. The highest BCUT2D eigenvalue weighted by Gasteiger charge is 2.30. The number of ether oxygens (including phenoxy) is 1. The van der Waals surface area contributed by atoms with Crippen molar-refractivity contribution in [1.29, 1.82) is 0 Å². The lowest BCUT2D eigenvalue weighted by Crippen LogP contribution is -2.45. The molecule has 1 N–H and O–H groups in total. The number of hydrogen-bond donors (Lipinski definition) is 1. The Morgan fingerprint density at radius 3 is 2.48 bits per heavy atom. The van der Waals surface area contributed by atoms with Crippen molar-refractivity contribution in [1.82, 2.24) is 4.98 Å². The second-order valence-electron chi connectivity index (χ2n) is 5.84. The fourth-order valence-electron chi connectivity index (χ4n) is 2.88. The molecule has 0 aromatic carbocycles. The number of aryl methyl sites for hydroxylation is 2. The van der Waals surface area contributed by atoms with E-state index in [0.29, 0.717) is 22.5 Å². The number of esters is 1. The highest BCUT2D eigenvalue weighted by Crippen LogP contribution is 2.21. The van der Waals surface area contributed by atoms with E-state index in [2.05, 4.69) is 4.98 Å². The Morgan fingerprint density at radius 1 is 1.22 bits per heavy atom. The number of aromatic amines is 1. The molecule has 0 saturated heterocycles. The van der Waals surface area contributed by atoms with Crippen molar-refractivity contribution in [2.75, 3.05) is 7.11 Å². The minimum atomic E-state index is -0.428. The number of nitrogens with zero attached hydrogens (tertiary/aromatic N) is 1. The summed E-state index contributed by atoms with van der Waals surface area (Å²) in [5, 5.41) is 0. The molecule has 0 bridgehead atoms. The summed E-state index contributed by atoms with van der Waals surface area (Å²) in [6, 6.07) is 3.58. The van der Waals surface area contributed by atoms with Crippen LogP contribution in [0.3, 0.4) is 0 Å². The number of pyridine rings is 1. The van der Waals surface area contributed by atoms with Gasteiger partial charge in [0.05, 0.1) is 18.4 Å². The fourth-order valence-corrected chi connectivity index (χ4v) is 2.88. The Bertz CT molecular complexity index is 775. The monoisotopic (exact) mass is 315 g/mol. The standard InChI is InChI=1S/C18H22N2O3/c1-10-8-7-9-20(13(10)4)14(5)17(21)16-11(2)15(12(3)19-16)18(22)23-6/h7-9,14H,1-6H3/p+1/t14-/m0/s1. The number of carbonyl (C=O) groups is 2. The summed E-state index contributed by atoms with van der Waals surface area (Å²) >= 11 is 0. The van der Waals surface area contributed by atoms with Crippen molar-refractivity contribution in [3.63, 3.8) is 0 Å². The van der Waals surface area contributed by atoms with Crippen molar-refractivity contribution in [3.05, 3.63) is 52.1 Å². The quantitative estimate of drug-likeness (QED) is 0.536. The maximum absolute atomic E-state index is 12.9. The van der Waals surface area contributed by atoms with Crippen LogP contribution >= 0.6 is 0 Å². The van der Waals surface area contributed by atoms with Crippen LogP contribution in [0.1, 0.15) is 56.3 Å². The van der Waals surface area contributed by atoms with E-state index in [1.165, 1.54) is 7.11 Å². The summed E-state index contributed by atoms with van der Waals surface area (Å²) in [6.45, 7) is 9.41. The van der Waals surface area contributed by atoms with Gasteiger partial charge in [-0.25, -0.2) is 4.79 Å². The first-order valence-electron chi connectivity index (χ1n) is 7.58. The number of methoxy groups -OCH3 is 1. The summed E-state index contributed by atoms with van der Waals surface area (Å²) in [7, 11) is 1.34. The Labute approximate surface area is 136 Å². The molecule has 2 rings (SSSR count). The molecule has 5 nitrogen and oxygen atoms in total. The van der Waals surface area contributed by atoms with Crippen LogP contribution in [-0.2, 0) is 4.74 Å². The number of aromatic nitrogens is 2. The SMILES string of the molecule is COC(=O)c1c(C)[nH]c(C(=O)[C@H](C)[n+]2cccc(C)c2C)c1C. The molecule has 0 aliphatic carbocycles. The molecule has 0 fully saturated rings. The number of rotatable bonds is 4. The summed E-state index contributed by atoms with van der Waals surface area (Å²) < 4.78 is 6.75. The molecule has 0 amide bonds. The summed E-state index contributed by atoms with van der Waals surface area (Å²) in [5.41, 5.74) is 4.36. The molecule has 2 aromatic rings. The zero-order chi connectivity index (χ0) is 17.3. The van der Waals surface area contributed by atoms with Crippen LogP contribution in [0.15, 0.2) is 18.3 Å². The lowest BCUT2D eigenvalue weighted by atomic mass is 10.0. The third-order valence-corrected chi connectivity index (χ3v) is 4.42. The van der Waals surface area contributed by atoms with Gasteiger partial charge in [0.2, 0.25) is 11.8 Å². The molecular formula is C18H23N2O3+. The zero-order valence-corrected chi connectivity index (χ0v) is 14.5. The van der Waals surface area contributed by atoms with E-state index >= 15 is 0 Å². The van der Waals surface area contributed by atoms with Crippen LogP contribution in [-0.4, -0.2) is 23.8 Å². The van der Waals surface area contributed by atoms with Crippen molar-refractivity contribution < 1.29 is 18.9 Å². The van der Waals surface area contributed by atoms with Crippen molar-refractivity contribution in [3.8, 4) is 0 Å². The van der Waals surface area contributed by atoms with Gasteiger partial charge < -0.3 is 9.72 Å². The van der Waals surface area contributed by atoms with Gasteiger partial charge in [0.25, 0.3) is 0 Å². The van der Waals surface area contributed by atoms with Gasteiger partial charge in [0.15, 0.2) is 11.9 Å². The highest BCUT2D eigenvalue weighted by molar-refractivity contribution is 6.02. The number of ketones is 1. The maximum atomic E-state index is 12.9. The van der Waals surface area contributed by atoms with Crippen molar-refractivity contribution in [2.45, 2.75) is 40.7 Å². The molecule has 23 heavy (non-hydrogen) atoms. The third kappa shape index (κ3) is 2.91. The first kappa shape index (κ1) is 16.9. The first-order chi connectivity index (χ1) is 10.8. The molecule has 2 aromatic heterocycles. The van der Waals surface area contributed by atoms with Crippen LogP contribution in [0.5, 0.6) is 0 Å². The number of carbonyl (C=O) groups excluding carboxylic acids is 2. The second kappa shape index (κ2) is 6.36. The first-order valence-corrected chi connectivity index (χ1v) is 7.58. The molecule has 0 spiro atoms. The number of nitrogens with one attached hydrogen (secondary N) is 1. The summed E-state index contributed by atoms with van der Waals surface area (Å²) in [5.74, 6) is -0.484. The number of hydrogen-bond acceptors (Lipinski definition) is 3. The Morgan fingerprint density at radius 2 is 1.87 bits per heavy atom. The fraction of sp³-hybridized carbons (Fsp3) is 0.389. The Kier molecular flexibility index (Phi) is 4.68. The molecule has 0 saturated carbocycles. The smallest absolute Gasteiger partial charge is 0.339 e. The largest absolute Gasteiger partial charge is 0.465 e. The molecular weight excluding hydrogens is 292 g/mol. The highest BCUT2D eigenvalue weighted by atomic mass is 16.5. The molecule has 0 radical (unpaired) electrons. The van der Waals surface area contributed by atoms with Crippen LogP contribution in [0.4, 0.5) is 0 Å². The minimum absolute atomic E-state index is 0.0561. The Balaban J connectivity index is 2.45. The van der Waals surface area contributed by atoms with Gasteiger partial charge in [0.1, 0.15) is 0 Å². The molecule has 0 aliphatic heterocycles. The maximum Gasteiger partial charge on any atom is 0.339 e. The van der Waals surface area contributed by atoms with Gasteiger partial charge in [-0.1, -0.05) is 0 Å². The van der Waals surface area contributed by atoms with Crippen molar-refractivity contribution >= 4 is 11.8 Å². The predicted molar refractivity (Wildman–Crippen MR) is 86.8 cm³/mol. The third-order valence-electron chi connectivity index (χ3n) is 4.42. The zero-order valence-electron chi connectivity index (χ0n) is 14.5. The summed E-state index contributed by atoms with van der Waals surface area (Å²) in [4.78, 5) is 27.8. The molecule has 2 heterocycles. The van der Waals surface area contributed by atoms with Crippen LogP contribution in [0.2, 0.25) is 0 Å². The number of Topliss-reactive ketones (excluding diaryl/α,β-unsaturated/α-hetero) is 1. The van der Waals surface area contributed by atoms with E-state index in [-0.39, 0.29) is 11.8 Å². The van der Waals surface area contributed by atoms with Gasteiger partial charge >= 0.3 is 5.97 Å². The predicted octanol–water partition coefficient (Wildman–Crippen LogP) is 2.77. The van der Waals surface area contributed by atoms with Gasteiger partial charge in [-0.2, -0.15) is 4.57 Å². The topological polar surface area (TPSA) is 63.0 Å². The van der Waals surface area contributed by atoms with E-state index in [0.717, 1.165) is 11.3 Å². The summed E-state index contributed by atoms with van der Waals surface area (Å²) in [6.07, 6.45) is 1.90. The average molecular weight is 315 g/mol. The van der Waals surface area contributed by atoms with Crippen LogP contribution in [0, 0.1) is 27.7 Å². The minimum Gasteiger partial charge on any atom is -0.465 e. The van der Waals surface area contributed by atoms with Gasteiger partial charge in [-0.3, -0.25) is 4.79 Å². The lowest BCUT2D eigenvalue weighted by molar-refractivity contribution is -0.710. The van der Waals surface area contributed by atoms with Crippen molar-refractivity contribution in [2.24, 2.45) is 0 Å². The molecule has 1 atom stereocenters. The van der Waals surface area contributed by atoms with Crippen LogP contribution < -0.4 is 4.57 Å². The van der Waals surface area contributed by atoms with E-state index < -0.39 is 5.97 Å². The van der Waals surface area contributed by atoms with E-state index in [4.69, 9.17) is 4.74 Å². The van der Waals surface area contributed by atoms with E-state index in [9.17, 15) is 9.59 Å². The van der Waals surface area contributed by atoms with Gasteiger partial charge in [-0.15, -0.1) is 0 Å². The normalized spacial score (nSPS) is 12.1. The second-order valence-corrected chi connectivity index (χ2v) is 5.84.